The highest BCUT2D eigenvalue weighted by Crippen LogP contribution is 2.30. The Labute approximate surface area is 118 Å². The molecule has 1 N–H and O–H groups in total. The lowest BCUT2D eigenvalue weighted by molar-refractivity contribution is 0.203. The molecule has 20 heavy (non-hydrogen) atoms. The molecule has 0 aromatic heterocycles. The molecule has 2 aromatic carbocycles. The van der Waals surface area contributed by atoms with E-state index in [4.69, 9.17) is 4.74 Å². The highest BCUT2D eigenvalue weighted by Gasteiger charge is 2.27. The summed E-state index contributed by atoms with van der Waals surface area (Å²) in [7, 11) is 1.60. The van der Waals surface area contributed by atoms with E-state index in [0.29, 0.717) is 12.0 Å². The molecule has 2 rings (SSSR count). The maximum absolute atomic E-state index is 13.8. The number of aliphatic hydroxyl groups excluding tert-OH is 1. The van der Waals surface area contributed by atoms with Gasteiger partial charge in [0.25, 0.3) is 0 Å². The molecule has 2 aromatic rings. The first-order chi connectivity index (χ1) is 9.59. The predicted octanol–water partition coefficient (Wildman–Crippen LogP) is 3.33. The van der Waals surface area contributed by atoms with Crippen molar-refractivity contribution in [1.29, 1.82) is 0 Å². The molecule has 0 saturated carbocycles. The molecule has 0 aliphatic heterocycles. The zero-order valence-electron chi connectivity index (χ0n) is 11.8. The first-order valence-corrected chi connectivity index (χ1v) is 6.58. The van der Waals surface area contributed by atoms with Gasteiger partial charge in [-0.3, -0.25) is 0 Å². The minimum Gasteiger partial charge on any atom is -0.497 e. The van der Waals surface area contributed by atoms with E-state index < -0.39 is 5.41 Å². The smallest absolute Gasteiger partial charge is 0.126 e. The number of rotatable bonds is 5. The van der Waals surface area contributed by atoms with Gasteiger partial charge in [-0.25, -0.2) is 4.39 Å². The summed E-state index contributed by atoms with van der Waals surface area (Å²) in [4.78, 5) is 0. The first kappa shape index (κ1) is 14.5. The van der Waals surface area contributed by atoms with Crippen LogP contribution in [0.4, 0.5) is 4.39 Å². The summed E-state index contributed by atoms with van der Waals surface area (Å²) < 4.78 is 19.0. The summed E-state index contributed by atoms with van der Waals surface area (Å²) in [5.41, 5.74) is 0.992. The molecule has 0 amide bonds. The molecule has 2 nitrogen and oxygen atoms in total. The lowest BCUT2D eigenvalue weighted by Crippen LogP contribution is -2.30. The molecule has 3 heteroatoms. The van der Waals surface area contributed by atoms with Crippen LogP contribution in [0, 0.1) is 5.82 Å². The van der Waals surface area contributed by atoms with Crippen molar-refractivity contribution in [2.24, 2.45) is 0 Å². The van der Waals surface area contributed by atoms with Gasteiger partial charge in [0.05, 0.1) is 13.7 Å². The van der Waals surface area contributed by atoms with E-state index in [1.165, 1.54) is 6.07 Å². The molecule has 0 fully saturated rings. The van der Waals surface area contributed by atoms with Gasteiger partial charge in [0.15, 0.2) is 0 Å². The van der Waals surface area contributed by atoms with Crippen molar-refractivity contribution >= 4 is 0 Å². The van der Waals surface area contributed by atoms with Crippen molar-refractivity contribution in [1.82, 2.24) is 0 Å². The van der Waals surface area contributed by atoms with Crippen LogP contribution in [0.3, 0.4) is 0 Å². The van der Waals surface area contributed by atoms with Crippen LogP contribution in [0.5, 0.6) is 5.75 Å². The highest BCUT2D eigenvalue weighted by atomic mass is 19.1. The Kier molecular flexibility index (Phi) is 4.40. The molecule has 0 aliphatic carbocycles. The average Bonchev–Trinajstić information content (AvgIpc) is 2.49. The number of halogens is 1. The normalized spacial score (nSPS) is 13.8. The Balaban J connectivity index is 2.35. The maximum atomic E-state index is 13.8. The van der Waals surface area contributed by atoms with Crippen LogP contribution < -0.4 is 4.74 Å². The van der Waals surface area contributed by atoms with Crippen molar-refractivity contribution in [3.63, 3.8) is 0 Å². The molecule has 0 aliphatic rings. The van der Waals surface area contributed by atoms with Gasteiger partial charge < -0.3 is 9.84 Å². The molecule has 1 atom stereocenters. The lowest BCUT2D eigenvalue weighted by atomic mass is 9.78. The largest absolute Gasteiger partial charge is 0.497 e. The molecular formula is C17H19FO2. The van der Waals surface area contributed by atoms with Gasteiger partial charge in [-0.15, -0.1) is 0 Å². The number of benzene rings is 2. The predicted molar refractivity (Wildman–Crippen MR) is 77.5 cm³/mol. The van der Waals surface area contributed by atoms with Gasteiger partial charge in [-0.05, 0) is 35.7 Å². The van der Waals surface area contributed by atoms with E-state index in [1.54, 1.807) is 19.2 Å². The van der Waals surface area contributed by atoms with E-state index in [2.05, 4.69) is 0 Å². The van der Waals surface area contributed by atoms with Crippen LogP contribution in [0.15, 0.2) is 48.5 Å². The summed E-state index contributed by atoms with van der Waals surface area (Å²) >= 11 is 0. The number of hydrogen-bond donors (Lipinski definition) is 1. The maximum Gasteiger partial charge on any atom is 0.126 e. The molecule has 1 unspecified atom stereocenters. The van der Waals surface area contributed by atoms with Crippen LogP contribution in [0.25, 0.3) is 0 Å². The molecule has 0 bridgehead atoms. The van der Waals surface area contributed by atoms with Gasteiger partial charge in [-0.2, -0.15) is 0 Å². The van der Waals surface area contributed by atoms with E-state index in [1.807, 2.05) is 37.3 Å². The second-order valence-corrected chi connectivity index (χ2v) is 5.22. The van der Waals surface area contributed by atoms with Crippen molar-refractivity contribution in [2.45, 2.75) is 18.8 Å². The van der Waals surface area contributed by atoms with Gasteiger partial charge in [0.1, 0.15) is 11.6 Å². The van der Waals surface area contributed by atoms with E-state index in [9.17, 15) is 9.50 Å². The average molecular weight is 274 g/mol. The minimum absolute atomic E-state index is 0.0610. The SMILES string of the molecule is COc1cccc(C(C)(CO)Cc2ccccc2F)c1. The minimum atomic E-state index is -0.545. The molecule has 106 valence electrons. The quantitative estimate of drug-likeness (QED) is 0.906. The van der Waals surface area contributed by atoms with Gasteiger partial charge >= 0.3 is 0 Å². The third-order valence-electron chi connectivity index (χ3n) is 3.65. The summed E-state index contributed by atoms with van der Waals surface area (Å²) in [5.74, 6) is 0.491. The van der Waals surface area contributed by atoms with E-state index in [0.717, 1.165) is 11.3 Å². The lowest BCUT2D eigenvalue weighted by Gasteiger charge is -2.28. The summed E-state index contributed by atoms with van der Waals surface area (Å²) in [6.45, 7) is 1.86. The first-order valence-electron chi connectivity index (χ1n) is 6.58. The Morgan fingerprint density at radius 1 is 1.15 bits per heavy atom. The molecule has 0 saturated heterocycles. The van der Waals surface area contributed by atoms with Crippen molar-refractivity contribution in [2.75, 3.05) is 13.7 Å². The summed E-state index contributed by atoms with van der Waals surface area (Å²) in [6.07, 6.45) is 0.434. The topological polar surface area (TPSA) is 29.5 Å². The van der Waals surface area contributed by atoms with Crippen molar-refractivity contribution < 1.29 is 14.2 Å². The molecule has 0 spiro atoms. The van der Waals surface area contributed by atoms with Crippen molar-refractivity contribution in [3.05, 3.63) is 65.5 Å². The fraction of sp³-hybridized carbons (Fsp3) is 0.294. The third-order valence-corrected chi connectivity index (χ3v) is 3.65. The fourth-order valence-electron chi connectivity index (χ4n) is 2.31. The second kappa shape index (κ2) is 6.06. The Hall–Kier alpha value is -1.87. The second-order valence-electron chi connectivity index (χ2n) is 5.22. The van der Waals surface area contributed by atoms with Gasteiger partial charge in [0, 0.05) is 5.41 Å². The van der Waals surface area contributed by atoms with Crippen molar-refractivity contribution in [3.8, 4) is 5.75 Å². The van der Waals surface area contributed by atoms with Crippen LogP contribution in [-0.2, 0) is 11.8 Å². The number of hydrogen-bond acceptors (Lipinski definition) is 2. The fourth-order valence-corrected chi connectivity index (χ4v) is 2.31. The summed E-state index contributed by atoms with van der Waals surface area (Å²) in [6, 6.07) is 14.2. The Bertz CT molecular complexity index is 583. The Morgan fingerprint density at radius 2 is 1.90 bits per heavy atom. The number of ether oxygens (including phenoxy) is 1. The third kappa shape index (κ3) is 2.99. The van der Waals surface area contributed by atoms with E-state index in [-0.39, 0.29) is 12.4 Å². The van der Waals surface area contributed by atoms with Crippen LogP contribution in [0.2, 0.25) is 0 Å². The van der Waals surface area contributed by atoms with Gasteiger partial charge in [0.2, 0.25) is 0 Å². The molecule has 0 radical (unpaired) electrons. The van der Waals surface area contributed by atoms with Crippen LogP contribution in [-0.4, -0.2) is 18.8 Å². The molecule has 0 heterocycles. The zero-order chi connectivity index (χ0) is 14.6. The van der Waals surface area contributed by atoms with E-state index >= 15 is 0 Å². The molecular weight excluding hydrogens is 255 g/mol. The monoisotopic (exact) mass is 274 g/mol. The Morgan fingerprint density at radius 3 is 2.55 bits per heavy atom. The zero-order valence-corrected chi connectivity index (χ0v) is 11.8. The van der Waals surface area contributed by atoms with Crippen LogP contribution >= 0.6 is 0 Å². The summed E-state index contributed by atoms with van der Waals surface area (Å²) in [5, 5.41) is 9.79. The van der Waals surface area contributed by atoms with Gasteiger partial charge in [-0.1, -0.05) is 37.3 Å². The van der Waals surface area contributed by atoms with Crippen LogP contribution in [0.1, 0.15) is 18.1 Å². The number of methoxy groups -OCH3 is 1. The standard InChI is InChI=1S/C17H19FO2/c1-17(12-19,11-13-6-3-4-9-16(13)18)14-7-5-8-15(10-14)20-2/h3-10,19H,11-12H2,1-2H3. The number of aliphatic hydroxyl groups is 1. The highest BCUT2D eigenvalue weighted by molar-refractivity contribution is 5.35.